The zero-order valence-corrected chi connectivity index (χ0v) is 10.5. The second kappa shape index (κ2) is 6.43. The fraction of sp³-hybridized carbons (Fsp3) is 0.417. The summed E-state index contributed by atoms with van der Waals surface area (Å²) in [6.45, 7) is 2.66. The molecule has 0 fully saturated rings. The van der Waals surface area contributed by atoms with E-state index in [1.54, 1.807) is 7.05 Å². The minimum absolute atomic E-state index is 0.537. The fourth-order valence-electron chi connectivity index (χ4n) is 1.31. The third kappa shape index (κ3) is 4.14. The highest BCUT2D eigenvalue weighted by Crippen LogP contribution is 2.17. The molecule has 0 atom stereocenters. The van der Waals surface area contributed by atoms with E-state index in [9.17, 15) is 4.79 Å². The molecule has 1 amide bonds. The summed E-state index contributed by atoms with van der Waals surface area (Å²) in [5.41, 5.74) is 1.17. The molecule has 88 valence electrons. The Morgan fingerprint density at radius 1 is 1.38 bits per heavy atom. The van der Waals surface area contributed by atoms with Crippen LogP contribution >= 0.6 is 11.8 Å². The quantitative estimate of drug-likeness (QED) is 0.803. The lowest BCUT2D eigenvalue weighted by molar-refractivity contribution is 0.156. The third-order valence-electron chi connectivity index (χ3n) is 2.30. The topological polar surface area (TPSA) is 40.5 Å². The van der Waals surface area contributed by atoms with Crippen molar-refractivity contribution in [3.05, 3.63) is 29.8 Å². The minimum Gasteiger partial charge on any atom is -0.465 e. The number of carbonyl (C=O) groups is 1. The first kappa shape index (κ1) is 12.9. The number of likely N-dealkylation sites (N-methyl/N-ethyl adjacent to an activating group) is 1. The van der Waals surface area contributed by atoms with Gasteiger partial charge in [0.15, 0.2) is 0 Å². The maximum atomic E-state index is 10.6. The van der Waals surface area contributed by atoms with Crippen molar-refractivity contribution in [3.8, 4) is 0 Å². The van der Waals surface area contributed by atoms with Crippen LogP contribution in [0.15, 0.2) is 29.2 Å². The standard InChI is InChI=1S/C12H17NO2S/c1-3-16-11-6-4-10(5-7-11)8-9-13(2)12(14)15/h4-7H,3,8-9H2,1-2H3,(H,14,15). The molecule has 0 aliphatic rings. The molecule has 3 nitrogen and oxygen atoms in total. The normalized spacial score (nSPS) is 10.1. The molecular weight excluding hydrogens is 222 g/mol. The Labute approximate surface area is 100 Å². The molecule has 0 aliphatic carbocycles. The molecule has 0 radical (unpaired) electrons. The van der Waals surface area contributed by atoms with Gasteiger partial charge >= 0.3 is 6.09 Å². The molecular formula is C12H17NO2S. The smallest absolute Gasteiger partial charge is 0.407 e. The molecule has 1 aromatic rings. The molecule has 0 aliphatic heterocycles. The zero-order valence-electron chi connectivity index (χ0n) is 9.64. The minimum atomic E-state index is -0.877. The molecule has 0 saturated carbocycles. The first-order valence-electron chi connectivity index (χ1n) is 5.29. The summed E-state index contributed by atoms with van der Waals surface area (Å²) in [5.74, 6) is 1.07. The summed E-state index contributed by atoms with van der Waals surface area (Å²) in [7, 11) is 1.59. The molecule has 0 saturated heterocycles. The zero-order chi connectivity index (χ0) is 12.0. The SMILES string of the molecule is CCSc1ccc(CCN(C)C(=O)O)cc1. The first-order chi connectivity index (χ1) is 7.63. The summed E-state index contributed by atoms with van der Waals surface area (Å²) in [4.78, 5) is 13.1. The van der Waals surface area contributed by atoms with Crippen molar-refractivity contribution in [2.75, 3.05) is 19.3 Å². The Bertz CT molecular complexity index is 337. The lowest BCUT2D eigenvalue weighted by atomic mass is 10.1. The van der Waals surface area contributed by atoms with E-state index in [1.165, 1.54) is 15.4 Å². The van der Waals surface area contributed by atoms with Gasteiger partial charge in [-0.15, -0.1) is 11.8 Å². The molecule has 4 heteroatoms. The summed E-state index contributed by atoms with van der Waals surface area (Å²) in [6, 6.07) is 8.30. The van der Waals surface area contributed by atoms with Gasteiger partial charge in [0.1, 0.15) is 0 Å². The Hall–Kier alpha value is -1.16. The van der Waals surface area contributed by atoms with Crippen LogP contribution in [0.1, 0.15) is 12.5 Å². The van der Waals surface area contributed by atoms with Crippen LogP contribution in [0.2, 0.25) is 0 Å². The average molecular weight is 239 g/mol. The number of hydrogen-bond donors (Lipinski definition) is 1. The van der Waals surface area contributed by atoms with Crippen molar-refractivity contribution >= 4 is 17.9 Å². The van der Waals surface area contributed by atoms with Gasteiger partial charge in [0.25, 0.3) is 0 Å². The Morgan fingerprint density at radius 3 is 2.50 bits per heavy atom. The van der Waals surface area contributed by atoms with Gasteiger partial charge in [-0.25, -0.2) is 4.79 Å². The van der Waals surface area contributed by atoms with E-state index in [4.69, 9.17) is 5.11 Å². The summed E-state index contributed by atoms with van der Waals surface area (Å²) in [6.07, 6.45) is -0.113. The van der Waals surface area contributed by atoms with Gasteiger partial charge in [0.2, 0.25) is 0 Å². The monoisotopic (exact) mass is 239 g/mol. The Kier molecular flexibility index (Phi) is 5.19. The number of carboxylic acid groups (broad SMARTS) is 1. The maximum Gasteiger partial charge on any atom is 0.407 e. The van der Waals surface area contributed by atoms with E-state index in [2.05, 4.69) is 31.2 Å². The second-order valence-corrected chi connectivity index (χ2v) is 4.87. The van der Waals surface area contributed by atoms with Gasteiger partial charge in [-0.1, -0.05) is 19.1 Å². The van der Waals surface area contributed by atoms with Crippen LogP contribution < -0.4 is 0 Å². The highest BCUT2D eigenvalue weighted by atomic mass is 32.2. The molecule has 1 rings (SSSR count). The Morgan fingerprint density at radius 2 is 2.00 bits per heavy atom. The van der Waals surface area contributed by atoms with E-state index in [1.807, 2.05) is 11.8 Å². The Balaban J connectivity index is 2.46. The van der Waals surface area contributed by atoms with Crippen LogP contribution in [0.25, 0.3) is 0 Å². The maximum absolute atomic E-state index is 10.6. The number of amides is 1. The highest BCUT2D eigenvalue weighted by molar-refractivity contribution is 7.99. The van der Waals surface area contributed by atoms with Crippen molar-refractivity contribution in [2.24, 2.45) is 0 Å². The van der Waals surface area contributed by atoms with E-state index >= 15 is 0 Å². The van der Waals surface area contributed by atoms with E-state index in [0.29, 0.717) is 6.54 Å². The molecule has 1 aromatic carbocycles. The van der Waals surface area contributed by atoms with E-state index in [0.717, 1.165) is 12.2 Å². The molecule has 0 heterocycles. The van der Waals surface area contributed by atoms with Crippen molar-refractivity contribution < 1.29 is 9.90 Å². The molecule has 16 heavy (non-hydrogen) atoms. The van der Waals surface area contributed by atoms with Gasteiger partial charge in [-0.05, 0) is 29.9 Å². The van der Waals surface area contributed by atoms with Gasteiger partial charge in [-0.2, -0.15) is 0 Å². The fourth-order valence-corrected chi connectivity index (χ4v) is 1.97. The second-order valence-electron chi connectivity index (χ2n) is 3.53. The average Bonchev–Trinajstić information content (AvgIpc) is 2.28. The van der Waals surface area contributed by atoms with Crippen molar-refractivity contribution in [1.82, 2.24) is 4.90 Å². The largest absolute Gasteiger partial charge is 0.465 e. The van der Waals surface area contributed by atoms with Crippen LogP contribution in [-0.2, 0) is 6.42 Å². The van der Waals surface area contributed by atoms with Crippen molar-refractivity contribution in [2.45, 2.75) is 18.2 Å². The van der Waals surface area contributed by atoms with Crippen LogP contribution in [0.4, 0.5) is 4.79 Å². The van der Waals surface area contributed by atoms with Gasteiger partial charge < -0.3 is 10.0 Å². The van der Waals surface area contributed by atoms with Gasteiger partial charge in [0.05, 0.1) is 0 Å². The van der Waals surface area contributed by atoms with E-state index < -0.39 is 6.09 Å². The first-order valence-corrected chi connectivity index (χ1v) is 6.28. The third-order valence-corrected chi connectivity index (χ3v) is 3.19. The van der Waals surface area contributed by atoms with E-state index in [-0.39, 0.29) is 0 Å². The number of thioether (sulfide) groups is 1. The predicted molar refractivity (Wildman–Crippen MR) is 67.2 cm³/mol. The van der Waals surface area contributed by atoms with Crippen LogP contribution in [0.3, 0.4) is 0 Å². The number of nitrogens with zero attached hydrogens (tertiary/aromatic N) is 1. The van der Waals surface area contributed by atoms with Crippen molar-refractivity contribution in [1.29, 1.82) is 0 Å². The number of rotatable bonds is 5. The number of hydrogen-bond acceptors (Lipinski definition) is 2. The molecule has 0 bridgehead atoms. The molecule has 1 N–H and O–H groups in total. The molecule has 0 aromatic heterocycles. The summed E-state index contributed by atoms with van der Waals surface area (Å²) >= 11 is 1.81. The van der Waals surface area contributed by atoms with Crippen LogP contribution in [0.5, 0.6) is 0 Å². The van der Waals surface area contributed by atoms with Crippen LogP contribution in [-0.4, -0.2) is 35.4 Å². The lowest BCUT2D eigenvalue weighted by Crippen LogP contribution is -2.26. The summed E-state index contributed by atoms with van der Waals surface area (Å²) in [5, 5.41) is 8.70. The number of benzene rings is 1. The predicted octanol–water partition coefficient (Wildman–Crippen LogP) is 2.95. The van der Waals surface area contributed by atoms with Crippen LogP contribution in [0, 0.1) is 0 Å². The molecule has 0 unspecified atom stereocenters. The van der Waals surface area contributed by atoms with Gasteiger partial charge in [0, 0.05) is 18.5 Å². The van der Waals surface area contributed by atoms with Gasteiger partial charge in [-0.3, -0.25) is 0 Å². The summed E-state index contributed by atoms with van der Waals surface area (Å²) < 4.78 is 0. The van der Waals surface area contributed by atoms with Crippen molar-refractivity contribution in [3.63, 3.8) is 0 Å². The highest BCUT2D eigenvalue weighted by Gasteiger charge is 2.04. The lowest BCUT2D eigenvalue weighted by Gasteiger charge is -2.12. The molecule has 0 spiro atoms.